The number of Topliss-reactive ketones (excluding diaryl/α,β-unsaturated/α-hetero) is 1. The van der Waals surface area contributed by atoms with Gasteiger partial charge in [-0.2, -0.15) is 0 Å². The fourth-order valence-electron chi connectivity index (χ4n) is 2.51. The minimum Gasteiger partial charge on any atom is -0.496 e. The lowest BCUT2D eigenvalue weighted by molar-refractivity contribution is 0.0979. The maximum Gasteiger partial charge on any atom is 0.167 e. The normalized spacial score (nSPS) is 10.4. The van der Waals surface area contributed by atoms with Crippen LogP contribution < -0.4 is 10.5 Å². The molecule has 2 aromatic rings. The largest absolute Gasteiger partial charge is 0.496 e. The number of hydrogen-bond donors (Lipinski definition) is 1. The number of aryl methyl sites for hydroxylation is 3. The third-order valence-corrected chi connectivity index (χ3v) is 3.56. The number of carbonyl (C=O) groups excluding carboxylic acids is 1. The number of rotatable bonds is 5. The molecule has 0 aliphatic carbocycles. The number of ether oxygens (including phenoxy) is 1. The van der Waals surface area contributed by atoms with Crippen molar-refractivity contribution in [2.24, 2.45) is 0 Å². The topological polar surface area (TPSA) is 52.3 Å². The van der Waals surface area contributed by atoms with E-state index in [1.165, 1.54) is 0 Å². The van der Waals surface area contributed by atoms with Crippen LogP contribution in [0.3, 0.4) is 0 Å². The minimum atomic E-state index is 0.112. The zero-order valence-electron chi connectivity index (χ0n) is 12.8. The van der Waals surface area contributed by atoms with Crippen LogP contribution in [0.5, 0.6) is 5.75 Å². The second-order valence-electron chi connectivity index (χ2n) is 5.32. The van der Waals surface area contributed by atoms with E-state index >= 15 is 0 Å². The Balaban J connectivity index is 2.15. The predicted octanol–water partition coefficient (Wildman–Crippen LogP) is 3.71. The van der Waals surface area contributed by atoms with Crippen LogP contribution in [-0.2, 0) is 6.42 Å². The Morgan fingerprint density at radius 2 is 1.81 bits per heavy atom. The van der Waals surface area contributed by atoms with E-state index in [0.29, 0.717) is 24.2 Å². The molecule has 3 nitrogen and oxygen atoms in total. The van der Waals surface area contributed by atoms with Crippen LogP contribution in [0.15, 0.2) is 36.4 Å². The molecule has 0 bridgehead atoms. The highest BCUT2D eigenvalue weighted by Gasteiger charge is 2.15. The first-order valence-electron chi connectivity index (χ1n) is 7.04. The molecular weight excluding hydrogens is 262 g/mol. The summed E-state index contributed by atoms with van der Waals surface area (Å²) in [6.45, 7) is 3.95. The third kappa shape index (κ3) is 3.63. The Labute approximate surface area is 125 Å². The summed E-state index contributed by atoms with van der Waals surface area (Å²) in [5.74, 6) is 0.774. The summed E-state index contributed by atoms with van der Waals surface area (Å²) in [5.41, 5.74) is 10.3. The molecule has 0 saturated heterocycles. The van der Waals surface area contributed by atoms with Gasteiger partial charge in [0.15, 0.2) is 5.78 Å². The summed E-state index contributed by atoms with van der Waals surface area (Å²) < 4.78 is 5.36. The van der Waals surface area contributed by atoms with Gasteiger partial charge in [0.05, 0.1) is 12.7 Å². The molecule has 0 aromatic heterocycles. The van der Waals surface area contributed by atoms with Gasteiger partial charge in [-0.15, -0.1) is 0 Å². The molecule has 0 spiro atoms. The second-order valence-corrected chi connectivity index (χ2v) is 5.32. The highest BCUT2D eigenvalue weighted by molar-refractivity contribution is 6.00. The average Bonchev–Trinajstić information content (AvgIpc) is 2.45. The molecule has 0 unspecified atom stereocenters. The molecule has 3 heteroatoms. The van der Waals surface area contributed by atoms with E-state index in [1.54, 1.807) is 7.11 Å². The van der Waals surface area contributed by atoms with Gasteiger partial charge in [-0.1, -0.05) is 18.2 Å². The maximum absolute atomic E-state index is 12.5. The smallest absolute Gasteiger partial charge is 0.167 e. The molecule has 0 saturated carbocycles. The molecule has 110 valence electrons. The SMILES string of the molecule is COc1cc(C)cc(C)c1C(=O)CCc1ccc(N)cc1. The van der Waals surface area contributed by atoms with Crippen LogP contribution >= 0.6 is 0 Å². The van der Waals surface area contributed by atoms with Crippen molar-refractivity contribution >= 4 is 11.5 Å². The Hall–Kier alpha value is -2.29. The summed E-state index contributed by atoms with van der Waals surface area (Å²) in [4.78, 5) is 12.5. The average molecular weight is 283 g/mol. The minimum absolute atomic E-state index is 0.112. The van der Waals surface area contributed by atoms with Gasteiger partial charge in [0.2, 0.25) is 0 Å². The summed E-state index contributed by atoms with van der Waals surface area (Å²) >= 11 is 0. The number of ketones is 1. The quantitative estimate of drug-likeness (QED) is 0.672. The number of anilines is 1. The fourth-order valence-corrected chi connectivity index (χ4v) is 2.51. The van der Waals surface area contributed by atoms with Crippen LogP contribution in [0.2, 0.25) is 0 Å². The first-order chi connectivity index (χ1) is 10.0. The van der Waals surface area contributed by atoms with Crippen molar-refractivity contribution in [2.45, 2.75) is 26.7 Å². The van der Waals surface area contributed by atoms with Crippen molar-refractivity contribution in [3.63, 3.8) is 0 Å². The lowest BCUT2D eigenvalue weighted by Crippen LogP contribution is -2.07. The predicted molar refractivity (Wildman–Crippen MR) is 86.0 cm³/mol. The lowest BCUT2D eigenvalue weighted by Gasteiger charge is -2.12. The maximum atomic E-state index is 12.5. The molecule has 0 aliphatic rings. The molecule has 2 aromatic carbocycles. The Kier molecular flexibility index (Phi) is 4.63. The van der Waals surface area contributed by atoms with Crippen molar-refractivity contribution < 1.29 is 9.53 Å². The molecule has 0 heterocycles. The van der Waals surface area contributed by atoms with Crippen LogP contribution in [0.25, 0.3) is 0 Å². The van der Waals surface area contributed by atoms with Crippen molar-refractivity contribution in [1.29, 1.82) is 0 Å². The van der Waals surface area contributed by atoms with Gasteiger partial charge < -0.3 is 10.5 Å². The summed E-state index contributed by atoms with van der Waals surface area (Å²) in [6, 6.07) is 11.6. The van der Waals surface area contributed by atoms with E-state index in [0.717, 1.165) is 22.4 Å². The highest BCUT2D eigenvalue weighted by Crippen LogP contribution is 2.26. The van der Waals surface area contributed by atoms with Gasteiger partial charge in [0.1, 0.15) is 5.75 Å². The van der Waals surface area contributed by atoms with Gasteiger partial charge in [-0.05, 0) is 55.2 Å². The van der Waals surface area contributed by atoms with Gasteiger partial charge in [0, 0.05) is 12.1 Å². The van der Waals surface area contributed by atoms with Crippen LogP contribution in [0, 0.1) is 13.8 Å². The molecule has 0 fully saturated rings. The standard InChI is InChI=1S/C18H21NO2/c1-12-10-13(2)18(17(11-12)21-3)16(20)9-6-14-4-7-15(19)8-5-14/h4-5,7-8,10-11H,6,9,19H2,1-3H3. The molecular formula is C18H21NO2. The monoisotopic (exact) mass is 283 g/mol. The molecule has 0 aliphatic heterocycles. The number of benzene rings is 2. The van der Waals surface area contributed by atoms with E-state index in [4.69, 9.17) is 10.5 Å². The number of hydrogen-bond acceptors (Lipinski definition) is 3. The van der Waals surface area contributed by atoms with Crippen LogP contribution in [-0.4, -0.2) is 12.9 Å². The molecule has 2 rings (SSSR count). The van der Waals surface area contributed by atoms with Crippen LogP contribution in [0.4, 0.5) is 5.69 Å². The number of nitrogens with two attached hydrogens (primary N) is 1. The van der Waals surface area contributed by atoms with E-state index in [2.05, 4.69) is 0 Å². The van der Waals surface area contributed by atoms with Gasteiger partial charge in [-0.3, -0.25) is 4.79 Å². The van der Waals surface area contributed by atoms with Crippen molar-refractivity contribution in [3.05, 3.63) is 58.7 Å². The summed E-state index contributed by atoms with van der Waals surface area (Å²) in [6.07, 6.45) is 1.17. The van der Waals surface area contributed by atoms with E-state index in [1.807, 2.05) is 50.2 Å². The van der Waals surface area contributed by atoms with E-state index < -0.39 is 0 Å². The van der Waals surface area contributed by atoms with Crippen molar-refractivity contribution in [3.8, 4) is 5.75 Å². The Morgan fingerprint density at radius 1 is 1.14 bits per heavy atom. The Bertz CT molecular complexity index is 645. The molecule has 21 heavy (non-hydrogen) atoms. The van der Waals surface area contributed by atoms with Crippen molar-refractivity contribution in [1.82, 2.24) is 0 Å². The Morgan fingerprint density at radius 3 is 2.43 bits per heavy atom. The fraction of sp³-hybridized carbons (Fsp3) is 0.278. The zero-order valence-corrected chi connectivity index (χ0v) is 12.8. The second kappa shape index (κ2) is 6.44. The number of nitrogen functional groups attached to an aromatic ring is 1. The third-order valence-electron chi connectivity index (χ3n) is 3.56. The molecule has 0 atom stereocenters. The molecule has 0 radical (unpaired) electrons. The number of carbonyl (C=O) groups is 1. The summed E-state index contributed by atoms with van der Waals surface area (Å²) in [5, 5.41) is 0. The molecule has 0 amide bonds. The van der Waals surface area contributed by atoms with Crippen LogP contribution in [0.1, 0.15) is 33.5 Å². The van der Waals surface area contributed by atoms with Gasteiger partial charge in [0.25, 0.3) is 0 Å². The first-order valence-corrected chi connectivity index (χ1v) is 7.04. The van der Waals surface area contributed by atoms with E-state index in [-0.39, 0.29) is 5.78 Å². The van der Waals surface area contributed by atoms with E-state index in [9.17, 15) is 4.79 Å². The summed E-state index contributed by atoms with van der Waals surface area (Å²) in [7, 11) is 1.60. The first kappa shape index (κ1) is 15.1. The molecule has 2 N–H and O–H groups in total. The highest BCUT2D eigenvalue weighted by atomic mass is 16.5. The van der Waals surface area contributed by atoms with Crippen molar-refractivity contribution in [2.75, 3.05) is 12.8 Å². The number of methoxy groups -OCH3 is 1. The van der Waals surface area contributed by atoms with Gasteiger partial charge in [-0.25, -0.2) is 0 Å². The zero-order chi connectivity index (χ0) is 15.4. The van der Waals surface area contributed by atoms with Gasteiger partial charge >= 0.3 is 0 Å². The lowest BCUT2D eigenvalue weighted by atomic mass is 9.96.